The summed E-state index contributed by atoms with van der Waals surface area (Å²) in [6.07, 6.45) is 7.03. The van der Waals surface area contributed by atoms with Crippen LogP contribution in [0.2, 0.25) is 0 Å². The maximum atomic E-state index is 10.2. The summed E-state index contributed by atoms with van der Waals surface area (Å²) in [4.78, 5) is 2.55. The number of aliphatic hydroxyl groups is 1. The molecule has 0 radical (unpaired) electrons. The minimum Gasteiger partial charge on any atom is -0.389 e. The molecule has 2 N–H and O–H groups in total. The Morgan fingerprint density at radius 1 is 1.31 bits per heavy atom. The van der Waals surface area contributed by atoms with Gasteiger partial charge in [-0.1, -0.05) is 19.8 Å². The number of hydrogen-bond donors (Lipinski definition) is 2. The van der Waals surface area contributed by atoms with Crippen LogP contribution in [0.1, 0.15) is 45.4 Å². The number of nitrogens with one attached hydrogen (secondary N) is 1. The van der Waals surface area contributed by atoms with Gasteiger partial charge in [0.15, 0.2) is 0 Å². The minimum atomic E-state index is -0.393. The van der Waals surface area contributed by atoms with Crippen LogP contribution in [0.25, 0.3) is 0 Å². The van der Waals surface area contributed by atoms with E-state index < -0.39 is 5.60 Å². The van der Waals surface area contributed by atoms with Gasteiger partial charge in [-0.2, -0.15) is 0 Å². The fourth-order valence-electron chi connectivity index (χ4n) is 3.22. The molecule has 94 valence electrons. The van der Waals surface area contributed by atoms with Gasteiger partial charge in [0.25, 0.3) is 0 Å². The molecule has 1 unspecified atom stereocenters. The van der Waals surface area contributed by atoms with Gasteiger partial charge in [0.05, 0.1) is 5.60 Å². The van der Waals surface area contributed by atoms with E-state index in [1.165, 1.54) is 32.2 Å². The molecule has 1 atom stereocenters. The van der Waals surface area contributed by atoms with E-state index in [4.69, 9.17) is 0 Å². The molecule has 1 saturated heterocycles. The Kier molecular flexibility index (Phi) is 4.22. The molecule has 1 aliphatic carbocycles. The van der Waals surface area contributed by atoms with Crippen molar-refractivity contribution in [1.29, 1.82) is 0 Å². The van der Waals surface area contributed by atoms with Crippen LogP contribution in [0.3, 0.4) is 0 Å². The second-order valence-electron chi connectivity index (χ2n) is 5.49. The third-order valence-electron chi connectivity index (χ3n) is 4.27. The molecule has 0 aromatic rings. The lowest BCUT2D eigenvalue weighted by Gasteiger charge is -2.27. The first-order valence-electron chi connectivity index (χ1n) is 6.91. The van der Waals surface area contributed by atoms with Crippen molar-refractivity contribution in [2.75, 3.05) is 26.2 Å². The summed E-state index contributed by atoms with van der Waals surface area (Å²) in [7, 11) is 0. The molecule has 0 bridgehead atoms. The molecule has 0 aromatic heterocycles. The average molecular weight is 226 g/mol. The van der Waals surface area contributed by atoms with Crippen LogP contribution in [0, 0.1) is 0 Å². The highest BCUT2D eigenvalue weighted by Gasteiger charge is 2.31. The van der Waals surface area contributed by atoms with Gasteiger partial charge in [0.2, 0.25) is 0 Å². The SMILES string of the molecule is CCN1CCCC1CNCC1(O)CCCC1. The van der Waals surface area contributed by atoms with E-state index >= 15 is 0 Å². The third kappa shape index (κ3) is 2.96. The van der Waals surface area contributed by atoms with Gasteiger partial charge in [0.1, 0.15) is 0 Å². The maximum absolute atomic E-state index is 10.2. The van der Waals surface area contributed by atoms with Crippen LogP contribution in [-0.4, -0.2) is 47.8 Å². The monoisotopic (exact) mass is 226 g/mol. The smallest absolute Gasteiger partial charge is 0.0771 e. The van der Waals surface area contributed by atoms with E-state index in [1.807, 2.05) is 0 Å². The number of nitrogens with zero attached hydrogens (tertiary/aromatic N) is 1. The lowest BCUT2D eigenvalue weighted by atomic mass is 10.0. The first-order valence-corrected chi connectivity index (χ1v) is 6.91. The Bertz CT molecular complexity index is 214. The van der Waals surface area contributed by atoms with Crippen LogP contribution in [-0.2, 0) is 0 Å². The second-order valence-corrected chi connectivity index (χ2v) is 5.49. The van der Waals surface area contributed by atoms with E-state index in [-0.39, 0.29) is 0 Å². The number of rotatable bonds is 5. The summed E-state index contributed by atoms with van der Waals surface area (Å²) in [5.74, 6) is 0. The van der Waals surface area contributed by atoms with Crippen molar-refractivity contribution in [3.05, 3.63) is 0 Å². The molecular weight excluding hydrogens is 200 g/mol. The van der Waals surface area contributed by atoms with E-state index in [1.54, 1.807) is 0 Å². The summed E-state index contributed by atoms with van der Waals surface area (Å²) < 4.78 is 0. The second kappa shape index (κ2) is 5.48. The maximum Gasteiger partial charge on any atom is 0.0771 e. The highest BCUT2D eigenvalue weighted by molar-refractivity contribution is 4.88. The molecule has 2 rings (SSSR count). The standard InChI is InChI=1S/C13H26N2O/c1-2-15-9-5-6-12(15)10-14-11-13(16)7-3-4-8-13/h12,14,16H,2-11H2,1H3. The summed E-state index contributed by atoms with van der Waals surface area (Å²) in [5, 5.41) is 13.7. The first-order chi connectivity index (χ1) is 7.73. The molecule has 2 fully saturated rings. The quantitative estimate of drug-likeness (QED) is 0.743. The summed E-state index contributed by atoms with van der Waals surface area (Å²) in [6, 6.07) is 0.704. The van der Waals surface area contributed by atoms with Gasteiger partial charge in [-0.25, -0.2) is 0 Å². The molecule has 1 saturated carbocycles. The van der Waals surface area contributed by atoms with Crippen molar-refractivity contribution in [3.63, 3.8) is 0 Å². The van der Waals surface area contributed by atoms with E-state index in [0.717, 1.165) is 32.5 Å². The zero-order valence-electron chi connectivity index (χ0n) is 10.5. The Labute approximate surface area is 99.2 Å². The van der Waals surface area contributed by atoms with Gasteiger partial charge in [-0.05, 0) is 38.8 Å². The zero-order chi connectivity index (χ0) is 11.4. The average Bonchev–Trinajstić information content (AvgIpc) is 2.88. The molecule has 3 heteroatoms. The van der Waals surface area contributed by atoms with Gasteiger partial charge < -0.3 is 10.4 Å². The molecule has 2 aliphatic rings. The van der Waals surface area contributed by atoms with Crippen molar-refractivity contribution in [2.24, 2.45) is 0 Å². The molecular formula is C13H26N2O. The molecule has 1 aliphatic heterocycles. The van der Waals surface area contributed by atoms with Crippen molar-refractivity contribution in [1.82, 2.24) is 10.2 Å². The number of likely N-dealkylation sites (tertiary alicyclic amines) is 1. The van der Waals surface area contributed by atoms with Gasteiger partial charge in [-0.15, -0.1) is 0 Å². The van der Waals surface area contributed by atoms with Gasteiger partial charge in [0, 0.05) is 19.1 Å². The molecule has 1 heterocycles. The lowest BCUT2D eigenvalue weighted by Crippen LogP contribution is -2.44. The van der Waals surface area contributed by atoms with Gasteiger partial charge in [-0.3, -0.25) is 4.90 Å². The van der Waals surface area contributed by atoms with E-state index in [2.05, 4.69) is 17.1 Å². The Hall–Kier alpha value is -0.120. The fraction of sp³-hybridized carbons (Fsp3) is 1.00. The van der Waals surface area contributed by atoms with Crippen LogP contribution in [0.15, 0.2) is 0 Å². The molecule has 16 heavy (non-hydrogen) atoms. The van der Waals surface area contributed by atoms with Crippen molar-refractivity contribution in [2.45, 2.75) is 57.1 Å². The molecule has 0 aromatic carbocycles. The first kappa shape index (κ1) is 12.3. The highest BCUT2D eigenvalue weighted by Crippen LogP contribution is 2.28. The zero-order valence-corrected chi connectivity index (χ0v) is 10.5. The molecule has 3 nitrogen and oxygen atoms in total. The normalized spacial score (nSPS) is 30.0. The fourth-order valence-corrected chi connectivity index (χ4v) is 3.22. The Morgan fingerprint density at radius 2 is 2.06 bits per heavy atom. The van der Waals surface area contributed by atoms with Crippen molar-refractivity contribution < 1.29 is 5.11 Å². The van der Waals surface area contributed by atoms with Crippen molar-refractivity contribution in [3.8, 4) is 0 Å². The Balaban J connectivity index is 1.67. The predicted octanol–water partition coefficient (Wildman–Crippen LogP) is 1.37. The summed E-state index contributed by atoms with van der Waals surface area (Å²) in [5.41, 5.74) is -0.393. The van der Waals surface area contributed by atoms with E-state index in [0.29, 0.717) is 6.04 Å². The van der Waals surface area contributed by atoms with Crippen LogP contribution in [0.4, 0.5) is 0 Å². The summed E-state index contributed by atoms with van der Waals surface area (Å²) >= 11 is 0. The van der Waals surface area contributed by atoms with Crippen LogP contribution in [0.5, 0.6) is 0 Å². The minimum absolute atomic E-state index is 0.393. The van der Waals surface area contributed by atoms with Gasteiger partial charge >= 0.3 is 0 Å². The van der Waals surface area contributed by atoms with Crippen LogP contribution < -0.4 is 5.32 Å². The van der Waals surface area contributed by atoms with E-state index in [9.17, 15) is 5.11 Å². The molecule has 0 spiro atoms. The highest BCUT2D eigenvalue weighted by atomic mass is 16.3. The van der Waals surface area contributed by atoms with Crippen molar-refractivity contribution >= 4 is 0 Å². The summed E-state index contributed by atoms with van der Waals surface area (Å²) in [6.45, 7) is 6.50. The van der Waals surface area contributed by atoms with Crippen LogP contribution >= 0.6 is 0 Å². The molecule has 0 amide bonds. The third-order valence-corrected chi connectivity index (χ3v) is 4.27. The number of likely N-dealkylation sites (N-methyl/N-ethyl adjacent to an activating group) is 1. The Morgan fingerprint density at radius 3 is 2.75 bits per heavy atom. The number of hydrogen-bond acceptors (Lipinski definition) is 3. The largest absolute Gasteiger partial charge is 0.389 e. The lowest BCUT2D eigenvalue weighted by molar-refractivity contribution is 0.0463. The topological polar surface area (TPSA) is 35.5 Å². The predicted molar refractivity (Wildman–Crippen MR) is 66.6 cm³/mol.